The largest absolute Gasteiger partial charge is 0.369 e. The van der Waals surface area contributed by atoms with Crippen LogP contribution in [0.5, 0.6) is 0 Å². The van der Waals surface area contributed by atoms with E-state index >= 15 is 0 Å². The molecule has 2 rings (SSSR count). The average molecular weight is 283 g/mol. The Morgan fingerprint density at radius 3 is 2.53 bits per heavy atom. The third-order valence-corrected chi connectivity index (χ3v) is 4.54. The van der Waals surface area contributed by atoms with Crippen molar-refractivity contribution in [3.05, 3.63) is 24.3 Å². The van der Waals surface area contributed by atoms with Gasteiger partial charge in [0.1, 0.15) is 0 Å². The highest BCUT2D eigenvalue weighted by Gasteiger charge is 2.24. The van der Waals surface area contributed by atoms with Gasteiger partial charge in [-0.15, -0.1) is 0 Å². The first-order chi connectivity index (χ1) is 9.02. The zero-order valence-electron chi connectivity index (χ0n) is 11.0. The Kier molecular flexibility index (Phi) is 4.44. The second-order valence-electron chi connectivity index (χ2n) is 4.96. The lowest BCUT2D eigenvalue weighted by atomic mass is 10.1. The van der Waals surface area contributed by atoms with Gasteiger partial charge in [0, 0.05) is 18.3 Å². The number of sulfonamides is 1. The molecule has 1 aliphatic rings. The lowest BCUT2D eigenvalue weighted by Crippen LogP contribution is -2.29. The van der Waals surface area contributed by atoms with Gasteiger partial charge in [-0.3, -0.25) is 0 Å². The van der Waals surface area contributed by atoms with Crippen LogP contribution in [0.3, 0.4) is 0 Å². The van der Waals surface area contributed by atoms with Crippen molar-refractivity contribution < 1.29 is 8.42 Å². The van der Waals surface area contributed by atoms with Crippen LogP contribution >= 0.6 is 0 Å². The summed E-state index contributed by atoms with van der Waals surface area (Å²) in [5, 5.41) is 5.10. The molecular formula is C13H21N3O2S. The van der Waals surface area contributed by atoms with E-state index in [2.05, 4.69) is 4.90 Å². The van der Waals surface area contributed by atoms with Crippen LogP contribution in [0, 0.1) is 0 Å². The molecule has 6 heteroatoms. The Bertz CT molecular complexity index is 513. The average Bonchev–Trinajstić information content (AvgIpc) is 2.83. The topological polar surface area (TPSA) is 89.4 Å². The Balaban J connectivity index is 2.13. The number of nitrogens with two attached hydrogens (primary N) is 2. The van der Waals surface area contributed by atoms with Crippen molar-refractivity contribution >= 4 is 15.7 Å². The van der Waals surface area contributed by atoms with Gasteiger partial charge in [-0.1, -0.05) is 0 Å². The molecular weight excluding hydrogens is 262 g/mol. The maximum Gasteiger partial charge on any atom is 0.238 e. The van der Waals surface area contributed by atoms with Crippen molar-refractivity contribution in [3.8, 4) is 0 Å². The lowest BCUT2D eigenvalue weighted by molar-refractivity contribution is 0.585. The number of benzene rings is 1. The Morgan fingerprint density at radius 1 is 1.26 bits per heavy atom. The van der Waals surface area contributed by atoms with Gasteiger partial charge < -0.3 is 10.6 Å². The standard InChI is InChI=1S/C13H21N3O2S/c14-9-1-3-11-4-2-10-16(11)12-5-7-13(8-6-12)19(15,17)18/h5-8,11H,1-4,9-10,14H2,(H2,15,17,18). The molecule has 0 aromatic heterocycles. The summed E-state index contributed by atoms with van der Waals surface area (Å²) in [6.45, 7) is 1.73. The first-order valence-electron chi connectivity index (χ1n) is 6.62. The fraction of sp³-hybridized carbons (Fsp3) is 0.538. The number of primary sulfonamides is 1. The number of hydrogen-bond donors (Lipinski definition) is 2. The van der Waals surface area contributed by atoms with Crippen molar-refractivity contribution in [2.24, 2.45) is 10.9 Å². The van der Waals surface area contributed by atoms with Gasteiger partial charge >= 0.3 is 0 Å². The molecule has 1 aromatic carbocycles. The van der Waals surface area contributed by atoms with Crippen LogP contribution in [-0.4, -0.2) is 27.5 Å². The van der Waals surface area contributed by atoms with Gasteiger partial charge in [-0.05, 0) is 56.5 Å². The third kappa shape index (κ3) is 3.46. The molecule has 1 aromatic rings. The predicted octanol–water partition coefficient (Wildman–Crippen LogP) is 1.04. The van der Waals surface area contributed by atoms with Gasteiger partial charge in [0.25, 0.3) is 0 Å². The van der Waals surface area contributed by atoms with Crippen LogP contribution in [0.15, 0.2) is 29.2 Å². The molecule has 19 heavy (non-hydrogen) atoms. The van der Waals surface area contributed by atoms with Crippen LogP contribution < -0.4 is 15.8 Å². The third-order valence-electron chi connectivity index (χ3n) is 3.62. The van der Waals surface area contributed by atoms with E-state index in [-0.39, 0.29) is 4.90 Å². The van der Waals surface area contributed by atoms with Gasteiger partial charge in [0.15, 0.2) is 0 Å². The molecule has 5 nitrogen and oxygen atoms in total. The molecule has 106 valence electrons. The monoisotopic (exact) mass is 283 g/mol. The number of hydrogen-bond acceptors (Lipinski definition) is 4. The van der Waals surface area contributed by atoms with Crippen molar-refractivity contribution in [1.82, 2.24) is 0 Å². The molecule has 0 radical (unpaired) electrons. The Hall–Kier alpha value is -1.11. The number of rotatable bonds is 5. The maximum atomic E-state index is 11.2. The molecule has 0 aliphatic carbocycles. The summed E-state index contributed by atoms with van der Waals surface area (Å²) >= 11 is 0. The van der Waals surface area contributed by atoms with Crippen LogP contribution in [-0.2, 0) is 10.0 Å². The number of nitrogens with zero attached hydrogens (tertiary/aromatic N) is 1. The van der Waals surface area contributed by atoms with Crippen LogP contribution in [0.2, 0.25) is 0 Å². The Labute approximate surface area is 114 Å². The van der Waals surface area contributed by atoms with E-state index in [9.17, 15) is 8.42 Å². The molecule has 0 saturated carbocycles. The predicted molar refractivity (Wildman–Crippen MR) is 76.5 cm³/mol. The molecule has 0 bridgehead atoms. The molecule has 1 atom stereocenters. The SMILES string of the molecule is NCCCC1CCCN1c1ccc(S(N)(=O)=O)cc1. The van der Waals surface area contributed by atoms with E-state index in [0.29, 0.717) is 12.6 Å². The molecule has 0 amide bonds. The highest BCUT2D eigenvalue weighted by atomic mass is 32.2. The summed E-state index contributed by atoms with van der Waals surface area (Å²) in [7, 11) is -3.61. The second-order valence-corrected chi connectivity index (χ2v) is 6.52. The quantitative estimate of drug-likeness (QED) is 0.845. The summed E-state index contributed by atoms with van der Waals surface area (Å²) in [6, 6.07) is 7.33. The fourth-order valence-corrected chi connectivity index (χ4v) is 3.17. The molecule has 1 heterocycles. The Morgan fingerprint density at radius 2 is 1.95 bits per heavy atom. The van der Waals surface area contributed by atoms with E-state index < -0.39 is 10.0 Å². The zero-order valence-corrected chi connectivity index (χ0v) is 11.8. The van der Waals surface area contributed by atoms with Gasteiger partial charge in [-0.2, -0.15) is 0 Å². The molecule has 0 spiro atoms. The summed E-state index contributed by atoms with van der Waals surface area (Å²) < 4.78 is 22.4. The van der Waals surface area contributed by atoms with Gasteiger partial charge in [0.2, 0.25) is 10.0 Å². The first kappa shape index (κ1) is 14.3. The summed E-state index contributed by atoms with van der Waals surface area (Å²) in [6.07, 6.45) is 4.47. The number of anilines is 1. The van der Waals surface area contributed by atoms with Gasteiger partial charge in [-0.25, -0.2) is 13.6 Å². The van der Waals surface area contributed by atoms with Crippen molar-refractivity contribution in [3.63, 3.8) is 0 Å². The summed E-state index contributed by atoms with van der Waals surface area (Å²) in [4.78, 5) is 2.50. The van der Waals surface area contributed by atoms with E-state index in [4.69, 9.17) is 10.9 Å². The first-order valence-corrected chi connectivity index (χ1v) is 8.16. The highest BCUT2D eigenvalue weighted by Crippen LogP contribution is 2.28. The van der Waals surface area contributed by atoms with Crippen molar-refractivity contribution in [1.29, 1.82) is 0 Å². The summed E-state index contributed by atoms with van der Waals surface area (Å²) in [5.41, 5.74) is 6.62. The second kappa shape index (κ2) is 5.90. The van der Waals surface area contributed by atoms with E-state index in [1.54, 1.807) is 12.1 Å². The van der Waals surface area contributed by atoms with E-state index in [1.165, 1.54) is 12.8 Å². The molecule has 1 aliphatic heterocycles. The molecule has 1 saturated heterocycles. The highest BCUT2D eigenvalue weighted by molar-refractivity contribution is 7.89. The van der Waals surface area contributed by atoms with Gasteiger partial charge in [0.05, 0.1) is 4.90 Å². The van der Waals surface area contributed by atoms with E-state index in [1.807, 2.05) is 12.1 Å². The van der Waals surface area contributed by atoms with Crippen molar-refractivity contribution in [2.75, 3.05) is 18.0 Å². The summed E-state index contributed by atoms with van der Waals surface area (Å²) in [5.74, 6) is 0. The van der Waals surface area contributed by atoms with Crippen LogP contribution in [0.1, 0.15) is 25.7 Å². The van der Waals surface area contributed by atoms with Crippen LogP contribution in [0.25, 0.3) is 0 Å². The minimum absolute atomic E-state index is 0.161. The lowest BCUT2D eigenvalue weighted by Gasteiger charge is -2.27. The van der Waals surface area contributed by atoms with E-state index in [0.717, 1.165) is 25.1 Å². The zero-order chi connectivity index (χ0) is 13.9. The smallest absolute Gasteiger partial charge is 0.238 e. The molecule has 1 fully saturated rings. The fourth-order valence-electron chi connectivity index (χ4n) is 2.66. The minimum Gasteiger partial charge on any atom is -0.369 e. The van der Waals surface area contributed by atoms with Crippen molar-refractivity contribution in [2.45, 2.75) is 36.6 Å². The molecule has 1 unspecified atom stereocenters. The molecule has 4 N–H and O–H groups in total. The normalized spacial score (nSPS) is 19.9. The van der Waals surface area contributed by atoms with Crippen LogP contribution in [0.4, 0.5) is 5.69 Å². The minimum atomic E-state index is -3.61. The maximum absolute atomic E-state index is 11.2.